The van der Waals surface area contributed by atoms with Gasteiger partial charge in [-0.2, -0.15) is 0 Å². The molecule has 0 bridgehead atoms. The fourth-order valence-corrected chi connectivity index (χ4v) is 12.0. The minimum absolute atomic E-state index is 0. The largest absolute Gasteiger partial charge is 2.00 e. The zero-order valence-electron chi connectivity index (χ0n) is 37.7. The van der Waals surface area contributed by atoms with Gasteiger partial charge in [-0.3, -0.25) is 0 Å². The summed E-state index contributed by atoms with van der Waals surface area (Å²) in [6.07, 6.45) is 3.73. The molecule has 10 aromatic rings. The summed E-state index contributed by atoms with van der Waals surface area (Å²) in [6.45, 7) is 0. The molecule has 2 aliphatic rings. The predicted octanol–water partition coefficient (Wildman–Crippen LogP) is 18.6. The Labute approximate surface area is 468 Å². The van der Waals surface area contributed by atoms with Gasteiger partial charge in [-0.05, 0) is 84.9 Å². The summed E-state index contributed by atoms with van der Waals surface area (Å²) < 4.78 is 12.5. The molecule has 0 atom stereocenters. The molecule has 0 unspecified atom stereocenters. The van der Waals surface area contributed by atoms with E-state index in [0.29, 0.717) is 54.4 Å². The van der Waals surface area contributed by atoms with Gasteiger partial charge >= 0.3 is 16.8 Å². The van der Waals surface area contributed by atoms with Gasteiger partial charge in [0.05, 0.1) is 21.5 Å². The number of aliphatic imine (C=N–C) groups is 2. The smallest absolute Gasteiger partial charge is 0.650 e. The molecule has 0 N–H and O–H groups in total. The van der Waals surface area contributed by atoms with E-state index < -0.39 is 0 Å². The molecular weight excluding hydrogens is 1110 g/mol. The number of aromatic nitrogens is 2. The SMILES string of the molecule is ClC1=C/C(=C(/c2cc(Cl)c(Sc3ccccc3)[n-]2)c2cc3ccccc3o2)N=C1Sc1ccccc1.ClC1=C/C(=C(/c2cc(Cl)c(Sc3ccccc3)[n-]2)c2cc3ccccc3o2)N=C1Sc1ccccc1.[Co+2]. The van der Waals surface area contributed by atoms with Crippen molar-refractivity contribution in [1.29, 1.82) is 0 Å². The molecule has 12 rings (SSSR count). The first-order valence-electron chi connectivity index (χ1n) is 22.3. The second-order valence-corrected chi connectivity index (χ2v) is 21.8. The van der Waals surface area contributed by atoms with Crippen molar-refractivity contribution in [2.45, 2.75) is 29.6 Å². The van der Waals surface area contributed by atoms with Crippen LogP contribution in [0.25, 0.3) is 33.1 Å². The van der Waals surface area contributed by atoms with Crippen LogP contribution < -0.4 is 9.97 Å². The van der Waals surface area contributed by atoms with Crippen LogP contribution in [0, 0.1) is 0 Å². The molecule has 0 saturated heterocycles. The molecule has 1 radical (unpaired) electrons. The monoisotopic (exact) mass is 1140 g/mol. The number of hydrogen-bond donors (Lipinski definition) is 0. The number of nitrogens with zero attached hydrogens (tertiary/aromatic N) is 4. The van der Waals surface area contributed by atoms with Gasteiger partial charge in [-0.1, -0.05) is 201 Å². The van der Waals surface area contributed by atoms with Crippen molar-refractivity contribution in [1.82, 2.24) is 9.97 Å². The molecule has 0 spiro atoms. The van der Waals surface area contributed by atoms with Gasteiger partial charge in [0.2, 0.25) is 0 Å². The zero-order chi connectivity index (χ0) is 49.0. The Balaban J connectivity index is 0.000000165. The van der Waals surface area contributed by atoms with Crippen molar-refractivity contribution < 1.29 is 25.6 Å². The number of para-hydroxylation sites is 2. The third-order valence-electron chi connectivity index (χ3n) is 11.0. The number of rotatable bonds is 10. The number of furan rings is 2. The van der Waals surface area contributed by atoms with Crippen LogP contribution in [0.3, 0.4) is 0 Å². The van der Waals surface area contributed by atoms with Gasteiger partial charge in [0.15, 0.2) is 0 Å². The molecule has 4 aromatic heterocycles. The Hall–Kier alpha value is -5.67. The number of hydrogen-bond acceptors (Lipinski definition) is 8. The van der Waals surface area contributed by atoms with Crippen molar-refractivity contribution in [2.75, 3.05) is 0 Å². The van der Waals surface area contributed by atoms with E-state index in [-0.39, 0.29) is 16.8 Å². The first-order valence-corrected chi connectivity index (χ1v) is 27.0. The standard InChI is InChI=1S/2C29H17Cl2N2OS2.Co/c2*30-21-16-23(32-28(21)35-19-10-3-1-4-11-19)27(26-15-18-9-7-8-14-25(18)34-26)24-17-22(31)29(33-24)36-20-12-5-2-6-13-20;/h2*1-17H;/q2*-1;+2/b2*27-23+;. The minimum Gasteiger partial charge on any atom is -0.650 e. The molecular formula is C58H34Cl4CoN4O2S4. The fraction of sp³-hybridized carbons (Fsp3) is 0. The molecule has 6 nitrogen and oxygen atoms in total. The van der Waals surface area contributed by atoms with Crippen LogP contribution >= 0.6 is 93.5 Å². The van der Waals surface area contributed by atoms with Gasteiger partial charge in [0.25, 0.3) is 0 Å². The summed E-state index contributed by atoms with van der Waals surface area (Å²) >= 11 is 32.7. The van der Waals surface area contributed by atoms with Crippen molar-refractivity contribution in [3.05, 3.63) is 261 Å². The van der Waals surface area contributed by atoms with E-state index >= 15 is 0 Å². The van der Waals surface area contributed by atoms with Crippen LogP contribution in [0.15, 0.2) is 276 Å². The van der Waals surface area contributed by atoms with E-state index in [1.54, 1.807) is 0 Å². The Kier molecular flexibility index (Phi) is 16.2. The Morgan fingerprint density at radius 1 is 0.397 bits per heavy atom. The van der Waals surface area contributed by atoms with E-state index in [1.165, 1.54) is 47.0 Å². The van der Waals surface area contributed by atoms with Crippen LogP contribution in [-0.4, -0.2) is 10.1 Å². The van der Waals surface area contributed by atoms with Gasteiger partial charge in [-0.15, -0.1) is 34.9 Å². The number of allylic oxidation sites excluding steroid dienone is 2. The normalized spacial score (nSPS) is 14.5. The molecule has 2 aliphatic heterocycles. The summed E-state index contributed by atoms with van der Waals surface area (Å²) in [5, 5.41) is 7.19. The van der Waals surface area contributed by atoms with Gasteiger partial charge < -0.3 is 18.8 Å². The van der Waals surface area contributed by atoms with E-state index in [0.717, 1.165) is 72.8 Å². The number of fused-ring (bicyclic) bond motifs is 2. The molecule has 15 heteroatoms. The number of benzene rings is 6. The molecule has 0 amide bonds. The van der Waals surface area contributed by atoms with Crippen LogP contribution in [0.1, 0.15) is 22.9 Å². The Bertz CT molecular complexity index is 3490. The second-order valence-electron chi connectivity index (χ2n) is 15.9. The first kappa shape index (κ1) is 50.8. The summed E-state index contributed by atoms with van der Waals surface area (Å²) in [4.78, 5) is 23.8. The zero-order valence-corrected chi connectivity index (χ0v) is 45.0. The van der Waals surface area contributed by atoms with Gasteiger partial charge in [-0.25, -0.2) is 9.98 Å². The first-order chi connectivity index (χ1) is 35.3. The third kappa shape index (κ3) is 11.8. The minimum atomic E-state index is 0. The fourth-order valence-electron chi connectivity index (χ4n) is 7.68. The van der Waals surface area contributed by atoms with E-state index in [4.69, 9.17) is 75.2 Å². The maximum atomic E-state index is 6.66. The molecule has 0 aliphatic carbocycles. The molecule has 0 fully saturated rings. The van der Waals surface area contributed by atoms with Crippen molar-refractivity contribution in [2.24, 2.45) is 9.98 Å². The summed E-state index contributed by atoms with van der Waals surface area (Å²) in [6, 6.07) is 63.7. The quantitative estimate of drug-likeness (QED) is 0.134. The Morgan fingerprint density at radius 3 is 1.08 bits per heavy atom. The number of thioether (sulfide) groups is 2. The van der Waals surface area contributed by atoms with Gasteiger partial charge in [0.1, 0.15) is 32.8 Å². The van der Waals surface area contributed by atoms with E-state index in [9.17, 15) is 0 Å². The summed E-state index contributed by atoms with van der Waals surface area (Å²) in [5.41, 5.74) is 5.80. The van der Waals surface area contributed by atoms with E-state index in [1.807, 2.05) is 206 Å². The van der Waals surface area contributed by atoms with Crippen LogP contribution in [0.5, 0.6) is 0 Å². The van der Waals surface area contributed by atoms with Crippen LogP contribution in [0.2, 0.25) is 10.0 Å². The molecule has 359 valence electrons. The third-order valence-corrected chi connectivity index (χ3v) is 16.6. The molecule has 73 heavy (non-hydrogen) atoms. The molecule has 6 heterocycles. The van der Waals surface area contributed by atoms with Crippen molar-refractivity contribution in [3.63, 3.8) is 0 Å². The summed E-state index contributed by atoms with van der Waals surface area (Å²) in [5.74, 6) is 1.32. The van der Waals surface area contributed by atoms with Crippen molar-refractivity contribution >= 4 is 137 Å². The van der Waals surface area contributed by atoms with Gasteiger partial charge in [0, 0.05) is 51.5 Å². The maximum Gasteiger partial charge on any atom is 2.00 e. The van der Waals surface area contributed by atoms with E-state index in [2.05, 4.69) is 0 Å². The second kappa shape index (κ2) is 23.3. The topological polar surface area (TPSA) is 79.2 Å². The van der Waals surface area contributed by atoms with Crippen LogP contribution in [0.4, 0.5) is 0 Å². The van der Waals surface area contributed by atoms with Crippen LogP contribution in [-0.2, 0) is 16.8 Å². The number of halogens is 4. The molecule has 6 aromatic carbocycles. The average Bonchev–Trinajstić information content (AvgIpc) is 4.28. The summed E-state index contributed by atoms with van der Waals surface area (Å²) in [7, 11) is 0. The molecule has 0 saturated carbocycles. The average molecular weight is 1150 g/mol. The Morgan fingerprint density at radius 2 is 0.726 bits per heavy atom. The predicted molar refractivity (Wildman–Crippen MR) is 302 cm³/mol. The van der Waals surface area contributed by atoms with Crippen molar-refractivity contribution in [3.8, 4) is 0 Å². The maximum absolute atomic E-state index is 6.66.